The molecular formula is C73H123NO13. The monoisotopic (exact) mass is 1220 g/mol. The molecule has 2 saturated heterocycles. The maximum Gasteiger partial charge on any atom is 0.220 e. The number of carbonyl (C=O) groups excluding carboxylic acids is 1. The van der Waals surface area contributed by atoms with Crippen molar-refractivity contribution in [2.45, 2.75) is 312 Å². The molecule has 87 heavy (non-hydrogen) atoms. The van der Waals surface area contributed by atoms with Crippen molar-refractivity contribution in [3.8, 4) is 0 Å². The average molecular weight is 1220 g/mol. The van der Waals surface area contributed by atoms with E-state index in [2.05, 4.69) is 129 Å². The van der Waals surface area contributed by atoms with Gasteiger partial charge in [0.25, 0.3) is 0 Å². The molecule has 0 aromatic rings. The highest BCUT2D eigenvalue weighted by Gasteiger charge is 2.51. The van der Waals surface area contributed by atoms with Crippen LogP contribution in [0.3, 0.4) is 0 Å². The molecule has 0 radical (unpaired) electrons. The summed E-state index contributed by atoms with van der Waals surface area (Å²) in [6.07, 6.45) is 65.3. The Kier molecular flexibility index (Phi) is 51.5. The number of carbonyl (C=O) groups is 1. The van der Waals surface area contributed by atoms with Crippen LogP contribution in [0.1, 0.15) is 239 Å². The Morgan fingerprint density at radius 2 is 0.805 bits per heavy atom. The van der Waals surface area contributed by atoms with Gasteiger partial charge in [-0.3, -0.25) is 4.79 Å². The third kappa shape index (κ3) is 40.7. The third-order valence-electron chi connectivity index (χ3n) is 15.9. The number of amides is 1. The molecule has 0 aliphatic carbocycles. The Morgan fingerprint density at radius 1 is 0.425 bits per heavy atom. The standard InChI is InChI=1S/C73H123NO13/c1-3-5-7-9-11-13-15-17-19-21-23-25-27-29-31-33-35-37-39-41-43-45-47-49-51-53-55-57-65(78)74-61(60-84-72-70(83)68(81)71(64(59-76)86-72)87-73-69(82)67(80)66(79)63(58-75)85-73)62(77)56-54-52-50-48-46-44-42-40-38-36-34-32-30-28-26-24-22-20-18-16-14-12-10-8-6-4-2/h5,7,11,13,17,19,23,25,29,31,35,37-38,40-41,43,46,48,54,56,61-64,66-73,75-77,79-83H,3-4,6,8-10,12,14-16,18,20-22,24,26-28,30,32-34,36,39,42,44-45,47,49-53,55,57-60H2,1-2H3,(H,74,78)/b7-5-,13-11-,19-17-,25-23-,31-29-,37-35-,40-38+,43-41-,48-46+,56-54+. The fourth-order valence-corrected chi connectivity index (χ4v) is 10.4. The molecule has 498 valence electrons. The van der Waals surface area contributed by atoms with Crippen LogP contribution in [-0.4, -0.2) is 140 Å². The molecule has 14 nitrogen and oxygen atoms in total. The van der Waals surface area contributed by atoms with Crippen molar-refractivity contribution in [1.82, 2.24) is 5.32 Å². The van der Waals surface area contributed by atoms with Gasteiger partial charge in [0.05, 0.1) is 32.0 Å². The van der Waals surface area contributed by atoms with Crippen LogP contribution in [0, 0.1) is 0 Å². The van der Waals surface area contributed by atoms with Crippen LogP contribution >= 0.6 is 0 Å². The van der Waals surface area contributed by atoms with Crippen molar-refractivity contribution in [2.24, 2.45) is 0 Å². The molecule has 0 spiro atoms. The summed E-state index contributed by atoms with van der Waals surface area (Å²) in [5.41, 5.74) is 0. The van der Waals surface area contributed by atoms with Gasteiger partial charge in [0, 0.05) is 6.42 Å². The van der Waals surface area contributed by atoms with Crippen LogP contribution in [0.15, 0.2) is 122 Å². The molecule has 9 N–H and O–H groups in total. The maximum absolute atomic E-state index is 13.3. The van der Waals surface area contributed by atoms with Crippen LogP contribution in [0.2, 0.25) is 0 Å². The number of hydrogen-bond acceptors (Lipinski definition) is 13. The molecule has 2 fully saturated rings. The van der Waals surface area contributed by atoms with E-state index in [4.69, 9.17) is 18.9 Å². The largest absolute Gasteiger partial charge is 0.394 e. The van der Waals surface area contributed by atoms with Gasteiger partial charge < -0.3 is 65.1 Å². The van der Waals surface area contributed by atoms with Gasteiger partial charge in [0.15, 0.2) is 12.6 Å². The van der Waals surface area contributed by atoms with E-state index < -0.39 is 86.8 Å². The van der Waals surface area contributed by atoms with E-state index in [0.717, 1.165) is 103 Å². The minimum atomic E-state index is -1.80. The Bertz CT molecular complexity index is 1920. The average Bonchev–Trinajstić information content (AvgIpc) is 2.58. The second-order valence-electron chi connectivity index (χ2n) is 23.5. The third-order valence-corrected chi connectivity index (χ3v) is 15.9. The molecule has 0 bridgehead atoms. The molecule has 12 unspecified atom stereocenters. The summed E-state index contributed by atoms with van der Waals surface area (Å²) in [4.78, 5) is 13.3. The van der Waals surface area contributed by atoms with Crippen LogP contribution in [0.25, 0.3) is 0 Å². The molecule has 1 amide bonds. The van der Waals surface area contributed by atoms with Gasteiger partial charge in [-0.25, -0.2) is 0 Å². The first kappa shape index (κ1) is 79.5. The fourth-order valence-electron chi connectivity index (χ4n) is 10.4. The molecule has 2 rings (SSSR count). The second kappa shape index (κ2) is 56.4. The molecule has 2 heterocycles. The van der Waals surface area contributed by atoms with Crippen molar-refractivity contribution in [1.29, 1.82) is 0 Å². The first-order valence-electron chi connectivity index (χ1n) is 34.3. The van der Waals surface area contributed by atoms with Crippen LogP contribution in [0.5, 0.6) is 0 Å². The molecular weight excluding hydrogens is 1100 g/mol. The van der Waals surface area contributed by atoms with Crippen molar-refractivity contribution in [3.05, 3.63) is 122 Å². The van der Waals surface area contributed by atoms with Crippen LogP contribution in [0.4, 0.5) is 0 Å². The van der Waals surface area contributed by atoms with E-state index in [1.165, 1.54) is 103 Å². The van der Waals surface area contributed by atoms with E-state index in [-0.39, 0.29) is 18.9 Å². The van der Waals surface area contributed by atoms with Gasteiger partial charge in [-0.15, -0.1) is 0 Å². The highest BCUT2D eigenvalue weighted by molar-refractivity contribution is 5.76. The minimum absolute atomic E-state index is 0.239. The summed E-state index contributed by atoms with van der Waals surface area (Å²) in [7, 11) is 0. The number of rotatable bonds is 54. The minimum Gasteiger partial charge on any atom is -0.394 e. The Balaban J connectivity index is 1.75. The first-order valence-corrected chi connectivity index (χ1v) is 34.3. The summed E-state index contributed by atoms with van der Waals surface area (Å²) in [6.45, 7) is 2.65. The molecule has 0 aromatic carbocycles. The highest BCUT2D eigenvalue weighted by Crippen LogP contribution is 2.30. The maximum atomic E-state index is 13.3. The van der Waals surface area contributed by atoms with Gasteiger partial charge in [-0.1, -0.05) is 251 Å². The molecule has 2 aliphatic rings. The topological polar surface area (TPSA) is 228 Å². The SMILES string of the molecule is CC/C=C\C/C=C\C/C=C\C/C=C\C/C=C\C/C=C\C/C=C\CCCCCCCC(=O)NC(COC1OC(CO)C(OC2OC(CO)C(O)C(O)C2O)C(O)C1O)C(O)/C=C/CC/C=C/CC/C=C/CCCCCCCCCCCCCCCCCC. The van der Waals surface area contributed by atoms with Crippen LogP contribution in [-0.2, 0) is 23.7 Å². The highest BCUT2D eigenvalue weighted by atomic mass is 16.7. The van der Waals surface area contributed by atoms with Crippen molar-refractivity contribution in [2.75, 3.05) is 19.8 Å². The molecule has 12 atom stereocenters. The van der Waals surface area contributed by atoms with Gasteiger partial charge in [0.2, 0.25) is 5.91 Å². The summed E-state index contributed by atoms with van der Waals surface area (Å²) < 4.78 is 22.8. The lowest BCUT2D eigenvalue weighted by Crippen LogP contribution is -2.65. The molecule has 0 saturated carbocycles. The van der Waals surface area contributed by atoms with Crippen molar-refractivity contribution in [3.63, 3.8) is 0 Å². The predicted octanol–water partition coefficient (Wildman–Crippen LogP) is 13.7. The van der Waals surface area contributed by atoms with Gasteiger partial charge >= 0.3 is 0 Å². The Hall–Kier alpha value is -3.61. The van der Waals surface area contributed by atoms with Gasteiger partial charge in [-0.05, 0) is 103 Å². The zero-order valence-corrected chi connectivity index (χ0v) is 54.0. The molecule has 0 aromatic heterocycles. The summed E-state index contributed by atoms with van der Waals surface area (Å²) in [5.74, 6) is -0.276. The fraction of sp³-hybridized carbons (Fsp3) is 0.712. The lowest BCUT2D eigenvalue weighted by molar-refractivity contribution is -0.359. The smallest absolute Gasteiger partial charge is 0.220 e. The zero-order valence-electron chi connectivity index (χ0n) is 54.0. The number of aliphatic hydroxyl groups excluding tert-OH is 8. The summed E-state index contributed by atoms with van der Waals surface area (Å²) in [6, 6.07) is -0.960. The number of allylic oxidation sites excluding steroid dienone is 19. The number of aliphatic hydroxyl groups is 8. The van der Waals surface area contributed by atoms with E-state index in [9.17, 15) is 45.6 Å². The van der Waals surface area contributed by atoms with Crippen molar-refractivity contribution < 1.29 is 64.6 Å². The van der Waals surface area contributed by atoms with Crippen LogP contribution < -0.4 is 5.32 Å². The van der Waals surface area contributed by atoms with E-state index in [1.807, 2.05) is 6.08 Å². The van der Waals surface area contributed by atoms with Crippen molar-refractivity contribution >= 4 is 5.91 Å². The Morgan fingerprint density at radius 3 is 1.26 bits per heavy atom. The molecule has 2 aliphatic heterocycles. The number of ether oxygens (including phenoxy) is 4. The quantitative estimate of drug-likeness (QED) is 0.0204. The predicted molar refractivity (Wildman–Crippen MR) is 355 cm³/mol. The molecule has 14 heteroatoms. The first-order chi connectivity index (χ1) is 42.6. The summed E-state index contributed by atoms with van der Waals surface area (Å²) >= 11 is 0. The zero-order chi connectivity index (χ0) is 63.1. The lowest BCUT2D eigenvalue weighted by Gasteiger charge is -2.46. The van der Waals surface area contributed by atoms with E-state index in [0.29, 0.717) is 12.8 Å². The number of unbranched alkanes of at least 4 members (excludes halogenated alkanes) is 23. The van der Waals surface area contributed by atoms with E-state index in [1.54, 1.807) is 6.08 Å². The van der Waals surface area contributed by atoms with E-state index >= 15 is 0 Å². The van der Waals surface area contributed by atoms with Gasteiger partial charge in [-0.2, -0.15) is 0 Å². The normalized spacial score (nSPS) is 24.1. The lowest BCUT2D eigenvalue weighted by atomic mass is 9.97. The number of nitrogens with one attached hydrogen (secondary N) is 1. The number of hydrogen-bond donors (Lipinski definition) is 9. The Labute approximate surface area is 527 Å². The summed E-state index contributed by atoms with van der Waals surface area (Å²) in [5, 5.41) is 87.4. The second-order valence-corrected chi connectivity index (χ2v) is 23.5. The van der Waals surface area contributed by atoms with Gasteiger partial charge in [0.1, 0.15) is 48.8 Å².